The van der Waals surface area contributed by atoms with Crippen LogP contribution in [0.25, 0.3) is 0 Å². The molecule has 2 fully saturated rings. The van der Waals surface area contributed by atoms with Gasteiger partial charge in [0.1, 0.15) is 0 Å². The fourth-order valence-corrected chi connectivity index (χ4v) is 2.99. The summed E-state index contributed by atoms with van der Waals surface area (Å²) in [6.07, 6.45) is 2.95. The molecule has 22 heavy (non-hydrogen) atoms. The van der Waals surface area contributed by atoms with Crippen molar-refractivity contribution in [3.8, 4) is 0 Å². The zero-order chi connectivity index (χ0) is 15.7. The van der Waals surface area contributed by atoms with E-state index in [9.17, 15) is 9.59 Å². The van der Waals surface area contributed by atoms with Gasteiger partial charge in [0.05, 0.1) is 0 Å². The van der Waals surface area contributed by atoms with Crippen LogP contribution in [0.4, 0.5) is 0 Å². The number of carbonyl (C=O) groups excluding carboxylic acids is 2. The SMILES string of the molecule is Cc1ccc(C(=O)N2CCCN(C(=O)C3CC3)CC2)cc1C. The zero-order valence-electron chi connectivity index (χ0n) is 13.5. The van der Waals surface area contributed by atoms with E-state index in [1.54, 1.807) is 0 Å². The molecule has 1 heterocycles. The van der Waals surface area contributed by atoms with Crippen LogP contribution >= 0.6 is 0 Å². The molecule has 1 saturated heterocycles. The molecule has 4 nitrogen and oxygen atoms in total. The summed E-state index contributed by atoms with van der Waals surface area (Å²) in [7, 11) is 0. The first-order chi connectivity index (χ1) is 10.6. The van der Waals surface area contributed by atoms with E-state index < -0.39 is 0 Å². The Morgan fingerprint density at radius 1 is 0.955 bits per heavy atom. The molecule has 1 aromatic rings. The summed E-state index contributed by atoms with van der Waals surface area (Å²) < 4.78 is 0. The average Bonchev–Trinajstić information content (AvgIpc) is 3.35. The standard InChI is InChI=1S/C18H24N2O2/c1-13-4-5-16(12-14(13)2)18(22)20-9-3-8-19(10-11-20)17(21)15-6-7-15/h4-5,12,15H,3,6-11H2,1-2H3. The fraction of sp³-hybridized carbons (Fsp3) is 0.556. The summed E-state index contributed by atoms with van der Waals surface area (Å²) in [5.74, 6) is 0.645. The third kappa shape index (κ3) is 3.16. The Hall–Kier alpha value is -1.84. The Labute approximate surface area is 132 Å². The second-order valence-electron chi connectivity index (χ2n) is 6.54. The lowest BCUT2D eigenvalue weighted by Crippen LogP contribution is -2.38. The molecule has 0 spiro atoms. The van der Waals surface area contributed by atoms with E-state index in [0.717, 1.165) is 43.5 Å². The molecule has 1 aliphatic carbocycles. The predicted molar refractivity (Wildman–Crippen MR) is 85.7 cm³/mol. The lowest BCUT2D eigenvalue weighted by atomic mass is 10.1. The Balaban J connectivity index is 1.65. The average molecular weight is 300 g/mol. The molecule has 1 aromatic carbocycles. The molecule has 2 amide bonds. The molecule has 1 aliphatic heterocycles. The van der Waals surface area contributed by atoms with Crippen LogP contribution in [0, 0.1) is 19.8 Å². The second kappa shape index (κ2) is 6.11. The maximum absolute atomic E-state index is 12.7. The van der Waals surface area contributed by atoms with Gasteiger partial charge in [0, 0.05) is 37.7 Å². The molecule has 2 aliphatic rings. The van der Waals surface area contributed by atoms with Crippen molar-refractivity contribution in [2.24, 2.45) is 5.92 Å². The maximum atomic E-state index is 12.7. The fourth-order valence-electron chi connectivity index (χ4n) is 2.99. The summed E-state index contributed by atoms with van der Waals surface area (Å²) in [4.78, 5) is 28.7. The first kappa shape index (κ1) is 15.1. The van der Waals surface area contributed by atoms with Gasteiger partial charge in [-0.1, -0.05) is 6.07 Å². The normalized spacial score (nSPS) is 19.0. The number of aryl methyl sites for hydroxylation is 2. The maximum Gasteiger partial charge on any atom is 0.253 e. The van der Waals surface area contributed by atoms with Crippen LogP contribution in [-0.2, 0) is 4.79 Å². The highest BCUT2D eigenvalue weighted by molar-refractivity contribution is 5.94. The van der Waals surface area contributed by atoms with Crippen molar-refractivity contribution in [2.75, 3.05) is 26.2 Å². The minimum atomic E-state index is 0.0869. The molecule has 0 unspecified atom stereocenters. The van der Waals surface area contributed by atoms with Crippen LogP contribution < -0.4 is 0 Å². The van der Waals surface area contributed by atoms with Gasteiger partial charge >= 0.3 is 0 Å². The van der Waals surface area contributed by atoms with Crippen LogP contribution in [0.3, 0.4) is 0 Å². The van der Waals surface area contributed by atoms with Gasteiger partial charge in [0.2, 0.25) is 5.91 Å². The molecule has 118 valence electrons. The van der Waals surface area contributed by atoms with E-state index >= 15 is 0 Å². The molecule has 1 saturated carbocycles. The van der Waals surface area contributed by atoms with Crippen molar-refractivity contribution < 1.29 is 9.59 Å². The van der Waals surface area contributed by atoms with Crippen molar-refractivity contribution >= 4 is 11.8 Å². The lowest BCUT2D eigenvalue weighted by Gasteiger charge is -2.22. The lowest BCUT2D eigenvalue weighted by molar-refractivity contribution is -0.132. The summed E-state index contributed by atoms with van der Waals surface area (Å²) in [5, 5.41) is 0. The largest absolute Gasteiger partial charge is 0.341 e. The van der Waals surface area contributed by atoms with E-state index in [0.29, 0.717) is 19.0 Å². The highest BCUT2D eigenvalue weighted by Crippen LogP contribution is 2.31. The number of amides is 2. The molecule has 4 heteroatoms. The van der Waals surface area contributed by atoms with Crippen molar-refractivity contribution in [3.05, 3.63) is 34.9 Å². The van der Waals surface area contributed by atoms with Gasteiger partial charge in [-0.25, -0.2) is 0 Å². The van der Waals surface area contributed by atoms with Crippen molar-refractivity contribution in [1.29, 1.82) is 0 Å². The van der Waals surface area contributed by atoms with Crippen molar-refractivity contribution in [1.82, 2.24) is 9.80 Å². The highest BCUT2D eigenvalue weighted by Gasteiger charge is 2.34. The Bertz CT molecular complexity index is 593. The van der Waals surface area contributed by atoms with Gasteiger partial charge in [-0.15, -0.1) is 0 Å². The van der Waals surface area contributed by atoms with Gasteiger partial charge in [-0.05, 0) is 56.4 Å². The number of hydrogen-bond acceptors (Lipinski definition) is 2. The molecule has 0 N–H and O–H groups in total. The molecule has 0 bridgehead atoms. The van der Waals surface area contributed by atoms with Crippen LogP contribution in [0.15, 0.2) is 18.2 Å². The minimum absolute atomic E-state index is 0.0869. The summed E-state index contributed by atoms with van der Waals surface area (Å²) in [6.45, 7) is 6.92. The Morgan fingerprint density at radius 3 is 2.32 bits per heavy atom. The Kier molecular flexibility index (Phi) is 4.19. The van der Waals surface area contributed by atoms with Crippen LogP contribution in [0.5, 0.6) is 0 Å². The first-order valence-corrected chi connectivity index (χ1v) is 8.21. The van der Waals surface area contributed by atoms with E-state index in [1.807, 2.05) is 34.9 Å². The molecule has 0 radical (unpaired) electrons. The van der Waals surface area contributed by atoms with Crippen molar-refractivity contribution in [2.45, 2.75) is 33.1 Å². The quantitative estimate of drug-likeness (QED) is 0.841. The van der Waals surface area contributed by atoms with E-state index in [4.69, 9.17) is 0 Å². The second-order valence-corrected chi connectivity index (χ2v) is 6.54. The van der Waals surface area contributed by atoms with Gasteiger partial charge in [-0.2, -0.15) is 0 Å². The third-order valence-corrected chi connectivity index (χ3v) is 4.78. The van der Waals surface area contributed by atoms with E-state index in [2.05, 4.69) is 6.92 Å². The highest BCUT2D eigenvalue weighted by atomic mass is 16.2. The first-order valence-electron chi connectivity index (χ1n) is 8.21. The van der Waals surface area contributed by atoms with Crippen LogP contribution in [0.2, 0.25) is 0 Å². The zero-order valence-corrected chi connectivity index (χ0v) is 13.5. The van der Waals surface area contributed by atoms with Gasteiger partial charge in [-0.3, -0.25) is 9.59 Å². The molecular formula is C18H24N2O2. The molecular weight excluding hydrogens is 276 g/mol. The summed E-state index contributed by atoms with van der Waals surface area (Å²) >= 11 is 0. The summed E-state index contributed by atoms with van der Waals surface area (Å²) in [6, 6.07) is 5.88. The molecule has 0 atom stereocenters. The van der Waals surface area contributed by atoms with Gasteiger partial charge < -0.3 is 9.80 Å². The minimum Gasteiger partial charge on any atom is -0.341 e. The van der Waals surface area contributed by atoms with Gasteiger partial charge in [0.15, 0.2) is 0 Å². The summed E-state index contributed by atoms with van der Waals surface area (Å²) in [5.41, 5.74) is 3.10. The number of hydrogen-bond donors (Lipinski definition) is 0. The number of benzene rings is 1. The molecule has 3 rings (SSSR count). The number of nitrogens with zero attached hydrogens (tertiary/aromatic N) is 2. The van der Waals surface area contributed by atoms with Crippen molar-refractivity contribution in [3.63, 3.8) is 0 Å². The third-order valence-electron chi connectivity index (χ3n) is 4.78. The van der Waals surface area contributed by atoms with Crippen LogP contribution in [-0.4, -0.2) is 47.8 Å². The predicted octanol–water partition coefficient (Wildman–Crippen LogP) is 2.39. The van der Waals surface area contributed by atoms with E-state index in [-0.39, 0.29) is 11.8 Å². The monoisotopic (exact) mass is 300 g/mol. The number of carbonyl (C=O) groups is 2. The van der Waals surface area contributed by atoms with E-state index in [1.165, 1.54) is 5.56 Å². The topological polar surface area (TPSA) is 40.6 Å². The van der Waals surface area contributed by atoms with Crippen LogP contribution in [0.1, 0.15) is 40.7 Å². The van der Waals surface area contributed by atoms with Gasteiger partial charge in [0.25, 0.3) is 5.91 Å². The smallest absolute Gasteiger partial charge is 0.253 e. The number of rotatable bonds is 2. The molecule has 0 aromatic heterocycles. The Morgan fingerprint density at radius 2 is 1.64 bits per heavy atom.